The van der Waals surface area contributed by atoms with Crippen LogP contribution in [0.3, 0.4) is 0 Å². The van der Waals surface area contributed by atoms with Gasteiger partial charge in [-0.2, -0.15) is 8.78 Å². The first-order valence-electron chi connectivity index (χ1n) is 6.22. The van der Waals surface area contributed by atoms with Gasteiger partial charge in [0.1, 0.15) is 22.3 Å². The van der Waals surface area contributed by atoms with Crippen molar-refractivity contribution in [3.63, 3.8) is 0 Å². The van der Waals surface area contributed by atoms with Crippen molar-refractivity contribution in [2.24, 2.45) is 0 Å². The molecular formula is C14H11F4NO3S. The molecular weight excluding hydrogens is 338 g/mol. The molecule has 0 spiro atoms. The van der Waals surface area contributed by atoms with Crippen LogP contribution in [0.25, 0.3) is 0 Å². The first-order valence-corrected chi connectivity index (χ1v) is 7.71. The van der Waals surface area contributed by atoms with Gasteiger partial charge in [-0.25, -0.2) is 17.2 Å². The number of ether oxygens (including phenoxy) is 1. The molecule has 0 aliphatic heterocycles. The molecule has 0 amide bonds. The van der Waals surface area contributed by atoms with Gasteiger partial charge in [0.05, 0.1) is 5.69 Å². The minimum Gasteiger partial charge on any atom is -0.433 e. The predicted octanol–water partition coefficient (Wildman–Crippen LogP) is 3.68. The number of aryl methyl sites for hydroxylation is 1. The van der Waals surface area contributed by atoms with E-state index in [1.807, 2.05) is 4.72 Å². The molecule has 9 heteroatoms. The quantitative estimate of drug-likeness (QED) is 0.838. The molecule has 1 N–H and O–H groups in total. The smallest absolute Gasteiger partial charge is 0.387 e. The second-order valence-electron chi connectivity index (χ2n) is 4.56. The maximum Gasteiger partial charge on any atom is 0.387 e. The van der Waals surface area contributed by atoms with Gasteiger partial charge < -0.3 is 4.74 Å². The van der Waals surface area contributed by atoms with Gasteiger partial charge >= 0.3 is 6.61 Å². The summed E-state index contributed by atoms with van der Waals surface area (Å²) < 4.78 is 81.7. The van der Waals surface area contributed by atoms with Crippen LogP contribution in [-0.4, -0.2) is 15.0 Å². The molecule has 0 saturated carbocycles. The van der Waals surface area contributed by atoms with Crippen molar-refractivity contribution in [2.75, 3.05) is 4.72 Å². The Hall–Kier alpha value is -2.29. The molecule has 23 heavy (non-hydrogen) atoms. The van der Waals surface area contributed by atoms with E-state index in [9.17, 15) is 26.0 Å². The van der Waals surface area contributed by atoms with E-state index in [0.29, 0.717) is 11.6 Å². The third-order valence-corrected chi connectivity index (χ3v) is 4.18. The summed E-state index contributed by atoms with van der Waals surface area (Å²) in [5.74, 6) is -2.66. The number of hydrogen-bond donors (Lipinski definition) is 1. The van der Waals surface area contributed by atoms with Crippen LogP contribution in [0.1, 0.15) is 5.56 Å². The van der Waals surface area contributed by atoms with Gasteiger partial charge in [0.15, 0.2) is 0 Å². The summed E-state index contributed by atoms with van der Waals surface area (Å²) in [5.41, 5.74) is 0.260. The van der Waals surface area contributed by atoms with Crippen molar-refractivity contribution in [3.05, 3.63) is 53.6 Å². The normalized spacial score (nSPS) is 11.6. The van der Waals surface area contributed by atoms with Gasteiger partial charge in [0, 0.05) is 6.07 Å². The Morgan fingerprint density at radius 3 is 2.39 bits per heavy atom. The lowest BCUT2D eigenvalue weighted by atomic mass is 10.2. The minimum absolute atomic E-state index is 0.292. The SMILES string of the molecule is Cc1ccc(NS(=O)(=O)c2ccc(F)cc2F)c(OC(F)F)c1. The van der Waals surface area contributed by atoms with E-state index in [1.54, 1.807) is 6.92 Å². The van der Waals surface area contributed by atoms with Crippen LogP contribution >= 0.6 is 0 Å². The zero-order valence-corrected chi connectivity index (χ0v) is 12.5. The fraction of sp³-hybridized carbons (Fsp3) is 0.143. The fourth-order valence-electron chi connectivity index (χ4n) is 1.80. The molecule has 0 aromatic heterocycles. The topological polar surface area (TPSA) is 55.4 Å². The molecule has 0 radical (unpaired) electrons. The van der Waals surface area contributed by atoms with E-state index in [0.717, 1.165) is 12.1 Å². The van der Waals surface area contributed by atoms with Crippen molar-refractivity contribution >= 4 is 15.7 Å². The second-order valence-corrected chi connectivity index (χ2v) is 6.21. The zero-order valence-electron chi connectivity index (χ0n) is 11.7. The van der Waals surface area contributed by atoms with E-state index in [4.69, 9.17) is 0 Å². The van der Waals surface area contributed by atoms with Crippen molar-refractivity contribution in [1.29, 1.82) is 0 Å². The Kier molecular flexibility index (Phi) is 4.79. The average molecular weight is 349 g/mol. The Morgan fingerprint density at radius 2 is 1.78 bits per heavy atom. The van der Waals surface area contributed by atoms with Crippen molar-refractivity contribution in [2.45, 2.75) is 18.4 Å². The highest BCUT2D eigenvalue weighted by molar-refractivity contribution is 7.92. The van der Waals surface area contributed by atoms with E-state index >= 15 is 0 Å². The first kappa shape index (κ1) is 17.1. The van der Waals surface area contributed by atoms with Crippen molar-refractivity contribution in [1.82, 2.24) is 0 Å². The zero-order chi connectivity index (χ0) is 17.2. The molecule has 4 nitrogen and oxygen atoms in total. The summed E-state index contributed by atoms with van der Waals surface area (Å²) in [4.78, 5) is -0.817. The largest absolute Gasteiger partial charge is 0.433 e. The Bertz CT molecular complexity index is 825. The molecule has 0 bridgehead atoms. The van der Waals surface area contributed by atoms with Gasteiger partial charge in [0.2, 0.25) is 0 Å². The number of benzene rings is 2. The number of anilines is 1. The van der Waals surface area contributed by atoms with Crippen LogP contribution in [0.5, 0.6) is 5.75 Å². The molecule has 0 unspecified atom stereocenters. The molecule has 0 saturated heterocycles. The van der Waals surface area contributed by atoms with E-state index in [1.165, 1.54) is 18.2 Å². The van der Waals surface area contributed by atoms with Gasteiger partial charge in [-0.05, 0) is 36.8 Å². The lowest BCUT2D eigenvalue weighted by Gasteiger charge is -2.14. The van der Waals surface area contributed by atoms with Crippen LogP contribution in [-0.2, 0) is 10.0 Å². The lowest BCUT2D eigenvalue weighted by Crippen LogP contribution is -2.16. The lowest BCUT2D eigenvalue weighted by molar-refractivity contribution is -0.0493. The Balaban J connectivity index is 2.41. The highest BCUT2D eigenvalue weighted by atomic mass is 32.2. The molecule has 0 aliphatic rings. The van der Waals surface area contributed by atoms with Crippen LogP contribution in [0.2, 0.25) is 0 Å². The van der Waals surface area contributed by atoms with Gasteiger partial charge in [-0.3, -0.25) is 4.72 Å². The molecule has 2 rings (SSSR count). The van der Waals surface area contributed by atoms with Crippen molar-refractivity contribution in [3.8, 4) is 5.75 Å². The summed E-state index contributed by atoms with van der Waals surface area (Å²) in [5, 5.41) is 0. The van der Waals surface area contributed by atoms with Crippen LogP contribution in [0, 0.1) is 18.6 Å². The van der Waals surface area contributed by atoms with E-state index in [-0.39, 0.29) is 5.69 Å². The number of halogens is 4. The number of rotatable bonds is 5. The fourth-order valence-corrected chi connectivity index (χ4v) is 2.93. The van der Waals surface area contributed by atoms with E-state index in [2.05, 4.69) is 4.74 Å². The summed E-state index contributed by atoms with van der Waals surface area (Å²) in [6.07, 6.45) is 0. The standard InChI is InChI=1S/C14H11F4NO3S/c1-8-2-4-11(12(6-8)22-14(17)18)19-23(20,21)13-5-3-9(15)7-10(13)16/h2-7,14,19H,1H3. The van der Waals surface area contributed by atoms with Gasteiger partial charge in [-0.1, -0.05) is 6.07 Å². The third-order valence-electron chi connectivity index (χ3n) is 2.78. The monoisotopic (exact) mass is 349 g/mol. The van der Waals surface area contributed by atoms with Gasteiger partial charge in [0.25, 0.3) is 10.0 Å². The summed E-state index contributed by atoms with van der Waals surface area (Å²) in [7, 11) is -4.45. The Morgan fingerprint density at radius 1 is 1.09 bits per heavy atom. The van der Waals surface area contributed by atoms with Crippen LogP contribution < -0.4 is 9.46 Å². The molecule has 0 fully saturated rings. The number of sulfonamides is 1. The maximum absolute atomic E-state index is 13.6. The molecule has 0 atom stereocenters. The number of alkyl halides is 2. The number of hydrogen-bond acceptors (Lipinski definition) is 3. The first-order chi connectivity index (χ1) is 10.7. The maximum atomic E-state index is 13.6. The highest BCUT2D eigenvalue weighted by Gasteiger charge is 2.22. The van der Waals surface area contributed by atoms with E-state index < -0.39 is 38.9 Å². The van der Waals surface area contributed by atoms with Crippen LogP contribution in [0.15, 0.2) is 41.3 Å². The second kappa shape index (κ2) is 6.45. The average Bonchev–Trinajstić information content (AvgIpc) is 2.40. The molecule has 2 aromatic carbocycles. The molecule has 0 heterocycles. The van der Waals surface area contributed by atoms with Crippen LogP contribution in [0.4, 0.5) is 23.2 Å². The highest BCUT2D eigenvalue weighted by Crippen LogP contribution is 2.30. The summed E-state index contributed by atoms with van der Waals surface area (Å²) in [6.45, 7) is -1.57. The van der Waals surface area contributed by atoms with Gasteiger partial charge in [-0.15, -0.1) is 0 Å². The molecule has 2 aromatic rings. The summed E-state index contributed by atoms with van der Waals surface area (Å²) >= 11 is 0. The van der Waals surface area contributed by atoms with Crippen molar-refractivity contribution < 1.29 is 30.7 Å². The molecule has 124 valence electrons. The summed E-state index contributed by atoms with van der Waals surface area (Å²) in [6, 6.07) is 5.76. The predicted molar refractivity (Wildman–Crippen MR) is 75.0 cm³/mol. The molecule has 0 aliphatic carbocycles. The number of nitrogens with one attached hydrogen (secondary N) is 1. The third kappa shape index (κ3) is 4.13. The Labute approximate surface area is 129 Å². The minimum atomic E-state index is -4.45.